The van der Waals surface area contributed by atoms with Crippen LogP contribution in [-0.2, 0) is 4.79 Å². The third kappa shape index (κ3) is 3.29. The molecule has 4 nitrogen and oxygen atoms in total. The van der Waals surface area contributed by atoms with Gasteiger partial charge in [0.05, 0.1) is 6.54 Å². The van der Waals surface area contributed by atoms with Crippen molar-refractivity contribution in [2.75, 3.05) is 33.7 Å². The van der Waals surface area contributed by atoms with Gasteiger partial charge in [0.1, 0.15) is 0 Å². The van der Waals surface area contributed by atoms with Gasteiger partial charge in [0.2, 0.25) is 5.91 Å². The predicted octanol–water partition coefficient (Wildman–Crippen LogP) is 1.35. The zero-order chi connectivity index (χ0) is 13.0. The van der Waals surface area contributed by atoms with Crippen LogP contribution < -0.4 is 0 Å². The lowest BCUT2D eigenvalue weighted by Gasteiger charge is -2.32. The molecule has 18 heavy (non-hydrogen) atoms. The van der Waals surface area contributed by atoms with Crippen LogP contribution in [0.4, 0.5) is 0 Å². The Bertz CT molecular complexity index is 383. The van der Waals surface area contributed by atoms with Crippen molar-refractivity contribution in [2.45, 2.75) is 18.8 Å². The maximum atomic E-state index is 11.9. The van der Waals surface area contributed by atoms with E-state index >= 15 is 0 Å². The maximum Gasteiger partial charge on any atom is 0.236 e. The minimum atomic E-state index is 0.236. The van der Waals surface area contributed by atoms with Crippen LogP contribution in [0.3, 0.4) is 0 Å². The van der Waals surface area contributed by atoms with E-state index in [0.717, 1.165) is 31.6 Å². The van der Waals surface area contributed by atoms with Crippen LogP contribution in [0.2, 0.25) is 0 Å². The van der Waals surface area contributed by atoms with Crippen LogP contribution in [0.1, 0.15) is 24.5 Å². The van der Waals surface area contributed by atoms with E-state index in [1.807, 2.05) is 42.2 Å². The molecule has 0 saturated carbocycles. The fourth-order valence-electron chi connectivity index (χ4n) is 2.41. The highest BCUT2D eigenvalue weighted by Crippen LogP contribution is 2.26. The van der Waals surface area contributed by atoms with Crippen molar-refractivity contribution < 1.29 is 4.79 Å². The average Bonchev–Trinajstić information content (AvgIpc) is 2.39. The third-order valence-electron chi connectivity index (χ3n) is 3.41. The van der Waals surface area contributed by atoms with Gasteiger partial charge in [-0.25, -0.2) is 0 Å². The smallest absolute Gasteiger partial charge is 0.236 e. The van der Waals surface area contributed by atoms with Gasteiger partial charge in [-0.2, -0.15) is 0 Å². The molecule has 98 valence electrons. The van der Waals surface area contributed by atoms with Gasteiger partial charge in [0, 0.05) is 30.9 Å². The van der Waals surface area contributed by atoms with E-state index in [1.165, 1.54) is 0 Å². The molecule has 0 atom stereocenters. The fraction of sp³-hybridized carbons (Fsp3) is 0.571. The number of carbonyl (C=O) groups excluding carboxylic acids is 1. The molecular weight excluding hydrogens is 226 g/mol. The minimum Gasteiger partial charge on any atom is -0.342 e. The monoisotopic (exact) mass is 247 g/mol. The van der Waals surface area contributed by atoms with Gasteiger partial charge in [-0.15, -0.1) is 0 Å². The maximum absolute atomic E-state index is 11.9. The van der Waals surface area contributed by atoms with Crippen LogP contribution in [0.25, 0.3) is 0 Å². The summed E-state index contributed by atoms with van der Waals surface area (Å²) >= 11 is 0. The van der Waals surface area contributed by atoms with Gasteiger partial charge in [0.15, 0.2) is 0 Å². The minimum absolute atomic E-state index is 0.236. The van der Waals surface area contributed by atoms with Crippen molar-refractivity contribution >= 4 is 5.91 Å². The van der Waals surface area contributed by atoms with Gasteiger partial charge >= 0.3 is 0 Å². The number of piperidine rings is 1. The zero-order valence-electron chi connectivity index (χ0n) is 11.2. The molecule has 1 aromatic rings. The highest BCUT2D eigenvalue weighted by Gasteiger charge is 2.24. The van der Waals surface area contributed by atoms with Crippen molar-refractivity contribution in [3.63, 3.8) is 0 Å². The Labute approximate surface area is 109 Å². The Kier molecular flexibility index (Phi) is 4.31. The average molecular weight is 247 g/mol. The lowest BCUT2D eigenvalue weighted by atomic mass is 9.93. The summed E-state index contributed by atoms with van der Waals surface area (Å²) in [6, 6.07) is 6.06. The van der Waals surface area contributed by atoms with Gasteiger partial charge in [-0.3, -0.25) is 9.78 Å². The number of hydrogen-bond donors (Lipinski definition) is 0. The number of carbonyl (C=O) groups is 1. The molecule has 0 N–H and O–H groups in total. The van der Waals surface area contributed by atoms with E-state index < -0.39 is 0 Å². The first-order valence-electron chi connectivity index (χ1n) is 6.50. The fourth-order valence-corrected chi connectivity index (χ4v) is 2.41. The molecule has 0 radical (unpaired) electrons. The third-order valence-corrected chi connectivity index (χ3v) is 3.41. The second-order valence-electron chi connectivity index (χ2n) is 5.15. The number of hydrogen-bond acceptors (Lipinski definition) is 3. The first-order chi connectivity index (χ1) is 8.66. The Morgan fingerprint density at radius 2 is 2.11 bits per heavy atom. The molecule has 0 aliphatic carbocycles. The molecule has 1 aromatic heterocycles. The lowest BCUT2D eigenvalue weighted by Crippen LogP contribution is -2.42. The summed E-state index contributed by atoms with van der Waals surface area (Å²) in [6.07, 6.45) is 3.89. The molecule has 2 heterocycles. The molecule has 1 aliphatic heterocycles. The molecule has 0 aromatic carbocycles. The molecule has 0 bridgehead atoms. The largest absolute Gasteiger partial charge is 0.342 e. The van der Waals surface area contributed by atoms with Crippen molar-refractivity contribution in [1.29, 1.82) is 0 Å². The van der Waals surface area contributed by atoms with E-state index in [9.17, 15) is 4.79 Å². The molecule has 1 fully saturated rings. The van der Waals surface area contributed by atoms with E-state index in [4.69, 9.17) is 0 Å². The van der Waals surface area contributed by atoms with E-state index in [1.54, 1.807) is 0 Å². The summed E-state index contributed by atoms with van der Waals surface area (Å²) in [5.74, 6) is 0.745. The summed E-state index contributed by atoms with van der Waals surface area (Å²) < 4.78 is 0. The Morgan fingerprint density at radius 3 is 2.67 bits per heavy atom. The highest BCUT2D eigenvalue weighted by molar-refractivity contribution is 5.78. The van der Waals surface area contributed by atoms with Gasteiger partial charge in [0.25, 0.3) is 0 Å². The van der Waals surface area contributed by atoms with Crippen LogP contribution in [-0.4, -0.2) is 54.4 Å². The quantitative estimate of drug-likeness (QED) is 0.809. The molecular formula is C14H21N3O. The Morgan fingerprint density at radius 1 is 1.39 bits per heavy atom. The summed E-state index contributed by atoms with van der Waals surface area (Å²) in [4.78, 5) is 20.2. The van der Waals surface area contributed by atoms with E-state index in [2.05, 4.69) is 11.1 Å². The zero-order valence-corrected chi connectivity index (χ0v) is 11.2. The predicted molar refractivity (Wildman–Crippen MR) is 71.3 cm³/mol. The number of nitrogens with zero attached hydrogens (tertiary/aromatic N) is 3. The first-order valence-corrected chi connectivity index (χ1v) is 6.50. The molecule has 4 heteroatoms. The standard InChI is InChI=1S/C14H21N3O/c1-16(2)11-14(18)17-9-6-12(7-10-17)13-5-3-4-8-15-13/h3-5,8,12H,6-7,9-11H2,1-2H3. The summed E-state index contributed by atoms with van der Waals surface area (Å²) in [5, 5.41) is 0. The number of aromatic nitrogens is 1. The van der Waals surface area contributed by atoms with E-state index in [0.29, 0.717) is 12.5 Å². The van der Waals surface area contributed by atoms with Crippen LogP contribution in [0.5, 0.6) is 0 Å². The van der Waals surface area contributed by atoms with Crippen LogP contribution in [0, 0.1) is 0 Å². The number of rotatable bonds is 3. The van der Waals surface area contributed by atoms with Crippen molar-refractivity contribution in [2.24, 2.45) is 0 Å². The lowest BCUT2D eigenvalue weighted by molar-refractivity contribution is -0.132. The second-order valence-corrected chi connectivity index (χ2v) is 5.15. The first kappa shape index (κ1) is 13.0. The molecule has 1 amide bonds. The number of pyridine rings is 1. The van der Waals surface area contributed by atoms with Crippen molar-refractivity contribution in [3.05, 3.63) is 30.1 Å². The highest BCUT2D eigenvalue weighted by atomic mass is 16.2. The van der Waals surface area contributed by atoms with Crippen molar-refractivity contribution in [1.82, 2.24) is 14.8 Å². The van der Waals surface area contributed by atoms with Crippen molar-refractivity contribution in [3.8, 4) is 0 Å². The number of likely N-dealkylation sites (tertiary alicyclic amines) is 1. The Balaban J connectivity index is 1.87. The molecule has 1 aliphatic rings. The summed E-state index contributed by atoms with van der Waals surface area (Å²) in [7, 11) is 3.86. The molecule has 0 unspecified atom stereocenters. The normalized spacial score (nSPS) is 17.2. The molecule has 2 rings (SSSR count). The Hall–Kier alpha value is -1.42. The van der Waals surface area contributed by atoms with Gasteiger partial charge < -0.3 is 9.80 Å². The molecule has 0 spiro atoms. The summed E-state index contributed by atoms with van der Waals surface area (Å²) in [6.45, 7) is 2.22. The van der Waals surface area contributed by atoms with Crippen LogP contribution >= 0.6 is 0 Å². The number of likely N-dealkylation sites (N-methyl/N-ethyl adjacent to an activating group) is 1. The second kappa shape index (κ2) is 5.96. The van der Waals surface area contributed by atoms with Crippen LogP contribution in [0.15, 0.2) is 24.4 Å². The topological polar surface area (TPSA) is 36.4 Å². The summed E-state index contributed by atoms with van der Waals surface area (Å²) in [5.41, 5.74) is 1.16. The number of amides is 1. The van der Waals surface area contributed by atoms with E-state index in [-0.39, 0.29) is 5.91 Å². The SMILES string of the molecule is CN(C)CC(=O)N1CCC(c2ccccn2)CC1. The van der Waals surface area contributed by atoms with Gasteiger partial charge in [-0.1, -0.05) is 6.07 Å². The molecule has 1 saturated heterocycles. The van der Waals surface area contributed by atoms with Gasteiger partial charge in [-0.05, 0) is 39.1 Å².